The quantitative estimate of drug-likeness (QED) is 0.611. The molecule has 25 heavy (non-hydrogen) atoms. The Hall–Kier alpha value is -3.61. The van der Waals surface area contributed by atoms with Crippen LogP contribution in [-0.4, -0.2) is 24.9 Å². The van der Waals surface area contributed by atoms with Crippen LogP contribution in [0.15, 0.2) is 65.9 Å². The van der Waals surface area contributed by atoms with Crippen LogP contribution in [0.5, 0.6) is 0 Å². The maximum Gasteiger partial charge on any atom is 0.227 e. The third kappa shape index (κ3) is 3.20. The van der Waals surface area contributed by atoms with Crippen LogP contribution in [0.2, 0.25) is 0 Å². The average molecular weight is 330 g/mol. The molecule has 0 saturated carbocycles. The minimum absolute atomic E-state index is 0.454. The predicted molar refractivity (Wildman–Crippen MR) is 93.0 cm³/mol. The number of nitrogens with zero attached hydrogens (tertiary/aromatic N) is 5. The van der Waals surface area contributed by atoms with Gasteiger partial charge >= 0.3 is 0 Å². The molecule has 7 nitrogen and oxygen atoms in total. The number of nitrogens with one attached hydrogen (secondary N) is 1. The highest BCUT2D eigenvalue weighted by Gasteiger charge is 2.15. The van der Waals surface area contributed by atoms with Crippen molar-refractivity contribution >= 4 is 11.6 Å². The van der Waals surface area contributed by atoms with Crippen molar-refractivity contribution in [2.75, 3.05) is 5.32 Å². The first-order chi connectivity index (χ1) is 12.3. The molecule has 4 heterocycles. The molecular weight excluding hydrogens is 316 g/mol. The number of rotatable bonds is 4. The fourth-order valence-electron chi connectivity index (χ4n) is 2.35. The lowest BCUT2D eigenvalue weighted by molar-refractivity contribution is 0.580. The fourth-order valence-corrected chi connectivity index (χ4v) is 2.35. The zero-order chi connectivity index (χ0) is 17.1. The van der Waals surface area contributed by atoms with Gasteiger partial charge in [0.2, 0.25) is 5.95 Å². The number of hydrogen-bond donors (Lipinski definition) is 1. The molecule has 0 bridgehead atoms. The molecule has 0 saturated heterocycles. The second-order valence-electron chi connectivity index (χ2n) is 5.34. The summed E-state index contributed by atoms with van der Waals surface area (Å²) in [5.74, 6) is 1.09. The molecular formula is C18H14N6O. The van der Waals surface area contributed by atoms with Crippen LogP contribution < -0.4 is 5.32 Å². The van der Waals surface area contributed by atoms with Gasteiger partial charge in [0.25, 0.3) is 0 Å². The standard InChI is InChI=1S/C18H14N6O/c1-12-4-5-13(9-20-12)23-18-21-10-14(15-6-7-19-11-22-15)17(24-18)16-3-2-8-25-16/h2-11H,1H3,(H,21,23,24). The fraction of sp³-hybridized carbons (Fsp3) is 0.0556. The predicted octanol–water partition coefficient (Wildman–Crippen LogP) is 3.64. The highest BCUT2D eigenvalue weighted by Crippen LogP contribution is 2.30. The van der Waals surface area contributed by atoms with Gasteiger partial charge < -0.3 is 9.73 Å². The second-order valence-corrected chi connectivity index (χ2v) is 5.34. The van der Waals surface area contributed by atoms with E-state index in [0.717, 1.165) is 22.6 Å². The average Bonchev–Trinajstić information content (AvgIpc) is 3.19. The van der Waals surface area contributed by atoms with Gasteiger partial charge in [-0.25, -0.2) is 19.9 Å². The van der Waals surface area contributed by atoms with Gasteiger partial charge in [0.05, 0.1) is 23.8 Å². The summed E-state index contributed by atoms with van der Waals surface area (Å²) < 4.78 is 5.53. The lowest BCUT2D eigenvalue weighted by atomic mass is 10.1. The van der Waals surface area contributed by atoms with Crippen molar-refractivity contribution in [2.45, 2.75) is 6.92 Å². The molecule has 0 atom stereocenters. The Morgan fingerprint density at radius 2 is 1.96 bits per heavy atom. The van der Waals surface area contributed by atoms with Crippen LogP contribution in [0.25, 0.3) is 22.7 Å². The van der Waals surface area contributed by atoms with Gasteiger partial charge in [-0.2, -0.15) is 0 Å². The Balaban J connectivity index is 1.76. The number of aromatic nitrogens is 5. The summed E-state index contributed by atoms with van der Waals surface area (Å²) in [4.78, 5) is 21.5. The van der Waals surface area contributed by atoms with Crippen LogP contribution in [0.4, 0.5) is 11.6 Å². The number of pyridine rings is 1. The maximum absolute atomic E-state index is 5.53. The summed E-state index contributed by atoms with van der Waals surface area (Å²) in [6.45, 7) is 1.94. The van der Waals surface area contributed by atoms with Gasteiger partial charge in [-0.05, 0) is 37.3 Å². The Labute approximate surface area is 143 Å². The SMILES string of the molecule is Cc1ccc(Nc2ncc(-c3ccncn3)c(-c3ccco3)n2)cn1. The van der Waals surface area contributed by atoms with Gasteiger partial charge in [0.15, 0.2) is 5.76 Å². The van der Waals surface area contributed by atoms with Crippen molar-refractivity contribution in [2.24, 2.45) is 0 Å². The van der Waals surface area contributed by atoms with E-state index in [0.29, 0.717) is 17.4 Å². The van der Waals surface area contributed by atoms with Crippen LogP contribution in [0, 0.1) is 6.92 Å². The van der Waals surface area contributed by atoms with Crippen molar-refractivity contribution in [3.63, 3.8) is 0 Å². The van der Waals surface area contributed by atoms with Crippen molar-refractivity contribution in [3.8, 4) is 22.7 Å². The number of anilines is 2. The summed E-state index contributed by atoms with van der Waals surface area (Å²) in [7, 11) is 0. The molecule has 7 heteroatoms. The van der Waals surface area contributed by atoms with Gasteiger partial charge in [-0.15, -0.1) is 0 Å². The van der Waals surface area contributed by atoms with E-state index >= 15 is 0 Å². The van der Waals surface area contributed by atoms with Crippen LogP contribution >= 0.6 is 0 Å². The minimum atomic E-state index is 0.454. The number of furan rings is 1. The summed E-state index contributed by atoms with van der Waals surface area (Å²) in [6, 6.07) is 9.33. The number of aryl methyl sites for hydroxylation is 1. The van der Waals surface area contributed by atoms with E-state index in [1.54, 1.807) is 24.9 Å². The third-order valence-corrected chi connectivity index (χ3v) is 3.57. The zero-order valence-electron chi connectivity index (χ0n) is 13.4. The Morgan fingerprint density at radius 3 is 2.68 bits per heavy atom. The molecule has 4 aromatic heterocycles. The van der Waals surface area contributed by atoms with E-state index < -0.39 is 0 Å². The maximum atomic E-state index is 5.53. The second kappa shape index (κ2) is 6.48. The van der Waals surface area contributed by atoms with E-state index in [1.807, 2.05) is 37.3 Å². The molecule has 4 aromatic rings. The highest BCUT2D eigenvalue weighted by molar-refractivity contribution is 5.76. The molecule has 0 aliphatic rings. The van der Waals surface area contributed by atoms with E-state index in [-0.39, 0.29) is 0 Å². The summed E-state index contributed by atoms with van der Waals surface area (Å²) in [5.41, 5.74) is 3.91. The highest BCUT2D eigenvalue weighted by atomic mass is 16.3. The largest absolute Gasteiger partial charge is 0.463 e. The van der Waals surface area contributed by atoms with Gasteiger partial charge in [-0.3, -0.25) is 4.98 Å². The van der Waals surface area contributed by atoms with Crippen molar-refractivity contribution < 1.29 is 4.42 Å². The van der Waals surface area contributed by atoms with Crippen molar-refractivity contribution in [1.82, 2.24) is 24.9 Å². The van der Waals surface area contributed by atoms with Crippen LogP contribution in [0.3, 0.4) is 0 Å². The third-order valence-electron chi connectivity index (χ3n) is 3.57. The first-order valence-electron chi connectivity index (χ1n) is 7.66. The van der Waals surface area contributed by atoms with Crippen molar-refractivity contribution in [1.29, 1.82) is 0 Å². The Morgan fingerprint density at radius 1 is 1.00 bits per heavy atom. The van der Waals surface area contributed by atoms with Crippen molar-refractivity contribution in [3.05, 3.63) is 67.2 Å². The molecule has 0 amide bonds. The normalized spacial score (nSPS) is 10.6. The van der Waals surface area contributed by atoms with E-state index in [2.05, 4.69) is 30.2 Å². The lowest BCUT2D eigenvalue weighted by Gasteiger charge is -2.09. The summed E-state index contributed by atoms with van der Waals surface area (Å²) in [5, 5.41) is 3.15. The van der Waals surface area contributed by atoms with E-state index in [1.165, 1.54) is 6.33 Å². The number of hydrogen-bond acceptors (Lipinski definition) is 7. The molecule has 1 N–H and O–H groups in total. The lowest BCUT2D eigenvalue weighted by Crippen LogP contribution is -2.01. The van der Waals surface area contributed by atoms with E-state index in [4.69, 9.17) is 4.42 Å². The van der Waals surface area contributed by atoms with Gasteiger partial charge in [-0.1, -0.05) is 0 Å². The van der Waals surface area contributed by atoms with Gasteiger partial charge in [0, 0.05) is 23.7 Å². The van der Waals surface area contributed by atoms with E-state index in [9.17, 15) is 0 Å². The molecule has 4 rings (SSSR count). The molecule has 0 spiro atoms. The first kappa shape index (κ1) is 14.9. The molecule has 122 valence electrons. The summed E-state index contributed by atoms with van der Waals surface area (Å²) in [6.07, 6.45) is 8.24. The topological polar surface area (TPSA) is 89.6 Å². The van der Waals surface area contributed by atoms with Crippen LogP contribution in [0.1, 0.15) is 5.69 Å². The molecule has 0 aromatic carbocycles. The minimum Gasteiger partial charge on any atom is -0.463 e. The molecule has 0 aliphatic heterocycles. The Bertz CT molecular complexity index is 968. The Kier molecular flexibility index (Phi) is 3.88. The molecule has 0 fully saturated rings. The molecule has 0 unspecified atom stereocenters. The van der Waals surface area contributed by atoms with Gasteiger partial charge in [0.1, 0.15) is 12.0 Å². The first-order valence-corrected chi connectivity index (χ1v) is 7.66. The molecule has 0 radical (unpaired) electrons. The molecule has 0 aliphatic carbocycles. The van der Waals surface area contributed by atoms with Crippen LogP contribution in [-0.2, 0) is 0 Å². The zero-order valence-corrected chi connectivity index (χ0v) is 13.4. The monoisotopic (exact) mass is 330 g/mol. The summed E-state index contributed by atoms with van der Waals surface area (Å²) >= 11 is 0. The smallest absolute Gasteiger partial charge is 0.227 e.